The predicted molar refractivity (Wildman–Crippen MR) is 66.7 cm³/mol. The Morgan fingerprint density at radius 2 is 2.24 bits per heavy atom. The fourth-order valence-electron chi connectivity index (χ4n) is 1.34. The molecule has 1 aromatic carbocycles. The molecule has 0 atom stereocenters. The van der Waals surface area contributed by atoms with E-state index in [1.807, 2.05) is 0 Å². The Kier molecular flexibility index (Phi) is 4.89. The van der Waals surface area contributed by atoms with Crippen LogP contribution in [0, 0.1) is 10.1 Å². The van der Waals surface area contributed by atoms with Crippen molar-refractivity contribution >= 4 is 39.2 Å². The number of carbonyl (C=O) groups excluding carboxylic acids is 1. The lowest BCUT2D eigenvalue weighted by Crippen LogP contribution is -2.11. The predicted octanol–water partition coefficient (Wildman–Crippen LogP) is 3.32. The molecular weight excluding hydrogens is 313 g/mol. The molecule has 0 heterocycles. The summed E-state index contributed by atoms with van der Waals surface area (Å²) >= 11 is 8.91. The van der Waals surface area contributed by atoms with Gasteiger partial charge in [0.1, 0.15) is 5.56 Å². The maximum Gasteiger partial charge on any atom is 0.345 e. The molecule has 0 bridgehead atoms. The number of benzene rings is 1. The van der Waals surface area contributed by atoms with Crippen molar-refractivity contribution in [3.63, 3.8) is 0 Å². The van der Waals surface area contributed by atoms with Crippen LogP contribution in [0.25, 0.3) is 0 Å². The third-order valence-electron chi connectivity index (χ3n) is 1.98. The number of esters is 1. The second kappa shape index (κ2) is 5.97. The maximum atomic E-state index is 11.7. The highest BCUT2D eigenvalue weighted by atomic mass is 79.9. The van der Waals surface area contributed by atoms with Crippen LogP contribution in [0.15, 0.2) is 12.1 Å². The Balaban J connectivity index is 3.41. The summed E-state index contributed by atoms with van der Waals surface area (Å²) in [6, 6.07) is 2.63. The smallest absolute Gasteiger partial charge is 0.345 e. The summed E-state index contributed by atoms with van der Waals surface area (Å²) in [6.07, 6.45) is 0. The molecule has 5 nitrogen and oxygen atoms in total. The molecule has 0 saturated heterocycles. The van der Waals surface area contributed by atoms with Crippen molar-refractivity contribution in [1.82, 2.24) is 0 Å². The monoisotopic (exact) mass is 321 g/mol. The van der Waals surface area contributed by atoms with E-state index in [4.69, 9.17) is 16.3 Å². The Labute approximate surface area is 111 Å². The van der Waals surface area contributed by atoms with Crippen LogP contribution in [0.2, 0.25) is 5.02 Å². The minimum Gasteiger partial charge on any atom is -0.462 e. The zero-order chi connectivity index (χ0) is 13.0. The van der Waals surface area contributed by atoms with Gasteiger partial charge in [0.15, 0.2) is 0 Å². The number of nitrogens with zero attached hydrogens (tertiary/aromatic N) is 1. The molecule has 1 rings (SSSR count). The second-order valence-electron chi connectivity index (χ2n) is 3.07. The summed E-state index contributed by atoms with van der Waals surface area (Å²) < 4.78 is 4.79. The van der Waals surface area contributed by atoms with Crippen LogP contribution >= 0.6 is 27.5 Å². The van der Waals surface area contributed by atoms with Gasteiger partial charge in [0.2, 0.25) is 0 Å². The lowest BCUT2D eigenvalue weighted by atomic mass is 10.1. The third-order valence-corrected chi connectivity index (χ3v) is 2.81. The molecule has 0 aliphatic heterocycles. The minimum absolute atomic E-state index is 0.0573. The van der Waals surface area contributed by atoms with Gasteiger partial charge in [0.05, 0.1) is 11.5 Å². The molecule has 0 aromatic heterocycles. The topological polar surface area (TPSA) is 69.4 Å². The van der Waals surface area contributed by atoms with E-state index in [9.17, 15) is 14.9 Å². The molecule has 1 aromatic rings. The third kappa shape index (κ3) is 3.17. The van der Waals surface area contributed by atoms with E-state index in [2.05, 4.69) is 15.9 Å². The van der Waals surface area contributed by atoms with Gasteiger partial charge in [-0.25, -0.2) is 4.79 Å². The van der Waals surface area contributed by atoms with E-state index in [1.54, 1.807) is 6.92 Å². The Bertz CT molecular complexity index is 464. The summed E-state index contributed by atoms with van der Waals surface area (Å²) in [4.78, 5) is 21.9. The zero-order valence-electron chi connectivity index (χ0n) is 8.91. The molecule has 0 aliphatic rings. The Morgan fingerprint density at radius 1 is 1.59 bits per heavy atom. The first kappa shape index (κ1) is 13.9. The number of rotatable bonds is 4. The number of hydrogen-bond acceptors (Lipinski definition) is 4. The Morgan fingerprint density at radius 3 is 2.71 bits per heavy atom. The van der Waals surface area contributed by atoms with Crippen LogP contribution in [0.3, 0.4) is 0 Å². The number of hydrogen-bond donors (Lipinski definition) is 0. The van der Waals surface area contributed by atoms with Crippen molar-refractivity contribution in [2.24, 2.45) is 0 Å². The van der Waals surface area contributed by atoms with Gasteiger partial charge in [0.25, 0.3) is 5.69 Å². The first-order valence-electron chi connectivity index (χ1n) is 4.71. The van der Waals surface area contributed by atoms with E-state index in [-0.39, 0.29) is 28.2 Å². The molecule has 0 aliphatic carbocycles. The SMILES string of the molecule is CCOC(=O)c1c(CBr)cc(Cl)cc1[N+](=O)[O-]. The van der Waals surface area contributed by atoms with Gasteiger partial charge in [-0.3, -0.25) is 10.1 Å². The second-order valence-corrected chi connectivity index (χ2v) is 4.07. The lowest BCUT2D eigenvalue weighted by Gasteiger charge is -2.08. The summed E-state index contributed by atoms with van der Waals surface area (Å²) in [5.74, 6) is -0.717. The molecular formula is C10H9BrClNO4. The van der Waals surface area contributed by atoms with Gasteiger partial charge < -0.3 is 4.74 Å². The minimum atomic E-state index is -0.717. The summed E-state index contributed by atoms with van der Waals surface area (Å²) in [6.45, 7) is 1.79. The normalized spacial score (nSPS) is 10.1. The van der Waals surface area contributed by atoms with Crippen molar-refractivity contribution in [2.75, 3.05) is 6.61 Å². The molecule has 0 N–H and O–H groups in total. The van der Waals surface area contributed by atoms with E-state index in [0.29, 0.717) is 5.56 Å². The first-order chi connectivity index (χ1) is 8.01. The van der Waals surface area contributed by atoms with Gasteiger partial charge in [-0.1, -0.05) is 27.5 Å². The van der Waals surface area contributed by atoms with Gasteiger partial charge in [-0.15, -0.1) is 0 Å². The van der Waals surface area contributed by atoms with Crippen molar-refractivity contribution < 1.29 is 14.5 Å². The van der Waals surface area contributed by atoms with E-state index < -0.39 is 10.9 Å². The van der Waals surface area contributed by atoms with Gasteiger partial charge in [-0.05, 0) is 18.6 Å². The molecule has 92 valence electrons. The van der Waals surface area contributed by atoms with Crippen LogP contribution in [0.1, 0.15) is 22.8 Å². The fraction of sp³-hybridized carbons (Fsp3) is 0.300. The average Bonchev–Trinajstić information content (AvgIpc) is 2.27. The highest BCUT2D eigenvalue weighted by molar-refractivity contribution is 9.08. The first-order valence-corrected chi connectivity index (χ1v) is 6.21. The van der Waals surface area contributed by atoms with E-state index in [0.717, 1.165) is 6.07 Å². The number of ether oxygens (including phenoxy) is 1. The maximum absolute atomic E-state index is 11.7. The molecule has 0 radical (unpaired) electrons. The summed E-state index contributed by atoms with van der Waals surface area (Å²) in [7, 11) is 0. The van der Waals surface area contributed by atoms with Crippen molar-refractivity contribution in [3.05, 3.63) is 38.4 Å². The number of nitro benzene ring substituents is 1. The number of carbonyl (C=O) groups is 1. The fourth-order valence-corrected chi connectivity index (χ4v) is 2.01. The lowest BCUT2D eigenvalue weighted by molar-refractivity contribution is -0.385. The molecule has 0 unspecified atom stereocenters. The van der Waals surface area contributed by atoms with Crippen LogP contribution in [-0.2, 0) is 10.1 Å². The molecule has 0 spiro atoms. The molecule has 7 heteroatoms. The average molecular weight is 323 g/mol. The number of nitro groups is 1. The van der Waals surface area contributed by atoms with Gasteiger partial charge >= 0.3 is 5.97 Å². The van der Waals surface area contributed by atoms with Crippen LogP contribution < -0.4 is 0 Å². The molecule has 17 heavy (non-hydrogen) atoms. The van der Waals surface area contributed by atoms with E-state index >= 15 is 0 Å². The zero-order valence-corrected chi connectivity index (χ0v) is 11.2. The molecule has 0 amide bonds. The number of halogens is 2. The van der Waals surface area contributed by atoms with Crippen molar-refractivity contribution in [2.45, 2.75) is 12.3 Å². The van der Waals surface area contributed by atoms with Gasteiger partial charge in [-0.2, -0.15) is 0 Å². The summed E-state index contributed by atoms with van der Waals surface area (Å²) in [5.41, 5.74) is 0.0335. The largest absolute Gasteiger partial charge is 0.462 e. The highest BCUT2D eigenvalue weighted by Crippen LogP contribution is 2.29. The quantitative estimate of drug-likeness (QED) is 0.369. The highest BCUT2D eigenvalue weighted by Gasteiger charge is 2.25. The molecule has 0 saturated carbocycles. The van der Waals surface area contributed by atoms with Crippen molar-refractivity contribution in [3.8, 4) is 0 Å². The van der Waals surface area contributed by atoms with Crippen LogP contribution in [0.4, 0.5) is 5.69 Å². The van der Waals surface area contributed by atoms with E-state index in [1.165, 1.54) is 6.07 Å². The summed E-state index contributed by atoms with van der Waals surface area (Å²) in [5, 5.41) is 11.4. The Hall–Kier alpha value is -1.14. The van der Waals surface area contributed by atoms with Crippen molar-refractivity contribution in [1.29, 1.82) is 0 Å². The number of alkyl halides is 1. The van der Waals surface area contributed by atoms with Crippen LogP contribution in [0.5, 0.6) is 0 Å². The standard InChI is InChI=1S/C10H9BrClNO4/c1-2-17-10(14)9-6(5-11)3-7(12)4-8(9)13(15)16/h3-4H,2,5H2,1H3. The van der Waals surface area contributed by atoms with Gasteiger partial charge in [0, 0.05) is 16.4 Å². The van der Waals surface area contributed by atoms with Crippen LogP contribution in [-0.4, -0.2) is 17.5 Å². The molecule has 0 fully saturated rings.